The number of hydrogen-bond acceptors (Lipinski definition) is 5. The lowest BCUT2D eigenvalue weighted by atomic mass is 10.1. The molecular weight excluding hydrogens is 274 g/mol. The van der Waals surface area contributed by atoms with Gasteiger partial charge in [-0.05, 0) is 33.6 Å². The fourth-order valence-corrected chi connectivity index (χ4v) is 1.45. The van der Waals surface area contributed by atoms with Crippen LogP contribution in [0.2, 0.25) is 0 Å². The maximum atomic E-state index is 11.6. The predicted octanol–water partition coefficient (Wildman–Crippen LogP) is 0.882. The highest BCUT2D eigenvalue weighted by molar-refractivity contribution is 7.85. The summed E-state index contributed by atoms with van der Waals surface area (Å²) in [6, 6.07) is 0. The molecule has 1 heterocycles. The molecule has 0 saturated carbocycles. The molecule has 1 unspecified atom stereocenters. The molecule has 0 radical (unpaired) electrons. The number of β-amino-alcohol motifs (C(OH)–C–C–N with tert-alkyl or cyclic N) is 1. The monoisotopic (exact) mass is 297 g/mol. The maximum Gasteiger partial charge on any atom is 0.410 e. The molecular formula is C11H23NO6S. The highest BCUT2D eigenvalue weighted by atomic mass is 32.2. The van der Waals surface area contributed by atoms with Crippen molar-refractivity contribution in [3.63, 3.8) is 0 Å². The number of rotatable bonds is 0. The van der Waals surface area contributed by atoms with Crippen molar-refractivity contribution in [1.29, 1.82) is 0 Å². The van der Waals surface area contributed by atoms with E-state index in [4.69, 9.17) is 9.29 Å². The van der Waals surface area contributed by atoms with Gasteiger partial charge < -0.3 is 14.7 Å². The summed E-state index contributed by atoms with van der Waals surface area (Å²) in [4.78, 5) is 13.1. The largest absolute Gasteiger partial charge is 0.444 e. The number of aliphatic hydroxyl groups is 1. The average Bonchev–Trinajstić information content (AvgIpc) is 2.12. The molecule has 1 amide bonds. The second kappa shape index (κ2) is 7.06. The molecule has 8 heteroatoms. The molecule has 19 heavy (non-hydrogen) atoms. The van der Waals surface area contributed by atoms with E-state index >= 15 is 0 Å². The van der Waals surface area contributed by atoms with Crippen molar-refractivity contribution in [1.82, 2.24) is 4.90 Å². The van der Waals surface area contributed by atoms with Crippen LogP contribution >= 0.6 is 0 Å². The van der Waals surface area contributed by atoms with Crippen molar-refractivity contribution in [3.05, 3.63) is 0 Å². The van der Waals surface area contributed by atoms with Crippen molar-refractivity contribution in [3.8, 4) is 0 Å². The number of amides is 1. The van der Waals surface area contributed by atoms with Crippen LogP contribution in [0, 0.1) is 0 Å². The summed E-state index contributed by atoms with van der Waals surface area (Å²) in [5.74, 6) is 0. The van der Waals surface area contributed by atoms with Crippen LogP contribution in [0.4, 0.5) is 4.79 Å². The molecule has 0 aliphatic carbocycles. The lowest BCUT2D eigenvalue weighted by Crippen LogP contribution is -2.44. The first-order chi connectivity index (χ1) is 8.38. The first-order valence-corrected chi connectivity index (χ1v) is 7.82. The molecule has 1 fully saturated rings. The summed E-state index contributed by atoms with van der Waals surface area (Å²) in [5, 5.41) is 9.38. The Morgan fingerprint density at radius 3 is 2.21 bits per heavy atom. The quantitative estimate of drug-likeness (QED) is 0.643. The molecule has 7 nitrogen and oxygen atoms in total. The number of hydrogen-bond donors (Lipinski definition) is 2. The number of ether oxygens (including phenoxy) is 1. The maximum absolute atomic E-state index is 11.6. The van der Waals surface area contributed by atoms with E-state index < -0.39 is 21.8 Å². The molecule has 0 spiro atoms. The van der Waals surface area contributed by atoms with E-state index in [0.29, 0.717) is 19.3 Å². The third-order valence-electron chi connectivity index (χ3n) is 2.05. The number of piperidine rings is 1. The second-order valence-electron chi connectivity index (χ2n) is 5.46. The summed E-state index contributed by atoms with van der Waals surface area (Å²) in [5.41, 5.74) is -0.459. The van der Waals surface area contributed by atoms with E-state index in [1.54, 1.807) is 4.90 Å². The van der Waals surface area contributed by atoms with Gasteiger partial charge in [0.1, 0.15) is 5.60 Å². The lowest BCUT2D eigenvalue weighted by molar-refractivity contribution is 0.00391. The third kappa shape index (κ3) is 11.9. The molecule has 0 aromatic rings. The second-order valence-corrected chi connectivity index (χ2v) is 6.92. The van der Waals surface area contributed by atoms with Gasteiger partial charge in [-0.25, -0.2) is 4.79 Å². The van der Waals surface area contributed by atoms with Gasteiger partial charge in [0.2, 0.25) is 0 Å². The minimum atomic E-state index is -3.67. The van der Waals surface area contributed by atoms with E-state index in [-0.39, 0.29) is 6.09 Å². The Morgan fingerprint density at radius 1 is 1.37 bits per heavy atom. The Morgan fingerprint density at radius 2 is 1.84 bits per heavy atom. The van der Waals surface area contributed by atoms with Crippen molar-refractivity contribution >= 4 is 16.2 Å². The van der Waals surface area contributed by atoms with Gasteiger partial charge in [0, 0.05) is 13.1 Å². The van der Waals surface area contributed by atoms with E-state index in [1.807, 2.05) is 20.8 Å². The highest BCUT2D eigenvalue weighted by Crippen LogP contribution is 2.14. The summed E-state index contributed by atoms with van der Waals surface area (Å²) < 4.78 is 31.1. The summed E-state index contributed by atoms with van der Waals surface area (Å²) in [7, 11) is -3.67. The Bertz CT molecular complexity index is 378. The molecule has 0 bridgehead atoms. The van der Waals surface area contributed by atoms with Gasteiger partial charge in [0.25, 0.3) is 10.1 Å². The standard InChI is InChI=1S/C10H19NO3.CH4O3S/c1-10(2,3)14-9(13)11-6-4-5-8(12)7-11;1-5(2,3)4/h8,12H,4-7H2,1-3H3;1H3,(H,2,3,4). The first kappa shape index (κ1) is 18.1. The SMILES string of the molecule is CC(C)(C)OC(=O)N1CCCC(O)C1.CS(=O)(=O)O. The van der Waals surface area contributed by atoms with Crippen LogP contribution in [-0.2, 0) is 14.9 Å². The zero-order chi connectivity index (χ0) is 15.3. The summed E-state index contributed by atoms with van der Waals surface area (Å²) in [6.07, 6.45) is 1.62. The van der Waals surface area contributed by atoms with Crippen LogP contribution in [-0.4, -0.2) is 60.1 Å². The van der Waals surface area contributed by atoms with Gasteiger partial charge in [-0.15, -0.1) is 0 Å². The molecule has 1 rings (SSSR count). The molecule has 1 aliphatic heterocycles. The highest BCUT2D eigenvalue weighted by Gasteiger charge is 2.26. The number of aliphatic hydroxyl groups excluding tert-OH is 1. The van der Waals surface area contributed by atoms with Crippen LogP contribution < -0.4 is 0 Å². The van der Waals surface area contributed by atoms with Crippen LogP contribution in [0.3, 0.4) is 0 Å². The molecule has 1 atom stereocenters. The molecule has 0 aromatic heterocycles. The van der Waals surface area contributed by atoms with Crippen molar-refractivity contribution in [2.75, 3.05) is 19.3 Å². The molecule has 0 aromatic carbocycles. The number of carbonyl (C=O) groups excluding carboxylic acids is 1. The summed E-state index contributed by atoms with van der Waals surface area (Å²) in [6.45, 7) is 6.60. The van der Waals surface area contributed by atoms with E-state index in [0.717, 1.165) is 12.8 Å². The number of likely N-dealkylation sites (tertiary alicyclic amines) is 1. The zero-order valence-electron chi connectivity index (χ0n) is 11.8. The van der Waals surface area contributed by atoms with E-state index in [2.05, 4.69) is 0 Å². The fraction of sp³-hybridized carbons (Fsp3) is 0.909. The molecule has 1 saturated heterocycles. The van der Waals surface area contributed by atoms with Crippen molar-refractivity contribution in [2.45, 2.75) is 45.3 Å². The van der Waals surface area contributed by atoms with Gasteiger partial charge in [0.15, 0.2) is 0 Å². The smallest absolute Gasteiger partial charge is 0.410 e. The minimum absolute atomic E-state index is 0.323. The lowest BCUT2D eigenvalue weighted by Gasteiger charge is -2.32. The number of nitrogens with zero attached hydrogens (tertiary/aromatic N) is 1. The van der Waals surface area contributed by atoms with Crippen LogP contribution in [0.5, 0.6) is 0 Å². The van der Waals surface area contributed by atoms with Gasteiger partial charge in [0.05, 0.1) is 12.4 Å². The molecule has 114 valence electrons. The Balaban J connectivity index is 0.000000555. The Labute approximate surface area is 114 Å². The van der Waals surface area contributed by atoms with Gasteiger partial charge in [-0.3, -0.25) is 4.55 Å². The van der Waals surface area contributed by atoms with Crippen LogP contribution in [0.1, 0.15) is 33.6 Å². The predicted molar refractivity (Wildman–Crippen MR) is 70.5 cm³/mol. The minimum Gasteiger partial charge on any atom is -0.444 e. The van der Waals surface area contributed by atoms with Gasteiger partial charge >= 0.3 is 6.09 Å². The van der Waals surface area contributed by atoms with Crippen molar-refractivity contribution in [2.24, 2.45) is 0 Å². The van der Waals surface area contributed by atoms with Crippen LogP contribution in [0.15, 0.2) is 0 Å². The zero-order valence-corrected chi connectivity index (χ0v) is 12.6. The molecule has 2 N–H and O–H groups in total. The first-order valence-electron chi connectivity index (χ1n) is 5.97. The third-order valence-corrected chi connectivity index (χ3v) is 2.05. The topological polar surface area (TPSA) is 104 Å². The van der Waals surface area contributed by atoms with Crippen molar-refractivity contribution < 1.29 is 27.6 Å². The van der Waals surface area contributed by atoms with Gasteiger partial charge in [-0.2, -0.15) is 8.42 Å². The Hall–Kier alpha value is -0.860. The summed E-state index contributed by atoms with van der Waals surface area (Å²) >= 11 is 0. The normalized spacial score (nSPS) is 20.3. The van der Waals surface area contributed by atoms with Crippen LogP contribution in [0.25, 0.3) is 0 Å². The fourth-order valence-electron chi connectivity index (χ4n) is 1.45. The Kier molecular flexibility index (Phi) is 6.74. The van der Waals surface area contributed by atoms with Gasteiger partial charge in [-0.1, -0.05) is 0 Å². The average molecular weight is 297 g/mol. The number of carbonyl (C=O) groups is 1. The van der Waals surface area contributed by atoms with E-state index in [9.17, 15) is 18.3 Å². The van der Waals surface area contributed by atoms with E-state index in [1.165, 1.54) is 0 Å². The molecule has 1 aliphatic rings.